The van der Waals surface area contributed by atoms with E-state index in [4.69, 9.17) is 17.3 Å². The van der Waals surface area contributed by atoms with E-state index in [2.05, 4.69) is 9.62 Å². The van der Waals surface area contributed by atoms with E-state index in [-0.39, 0.29) is 16.0 Å². The highest BCUT2D eigenvalue weighted by atomic mass is 35.5. The SMILES string of the molecule is CC(CN1CCCCC1)NS(=O)(=O)c1ccc(N)cc1Cl. The van der Waals surface area contributed by atoms with Gasteiger partial charge in [-0.25, -0.2) is 13.1 Å². The van der Waals surface area contributed by atoms with Gasteiger partial charge >= 0.3 is 0 Å². The number of nitrogens with zero attached hydrogens (tertiary/aromatic N) is 1. The number of nitrogens with one attached hydrogen (secondary N) is 1. The molecule has 0 amide bonds. The number of nitrogen functional groups attached to an aromatic ring is 1. The van der Waals surface area contributed by atoms with Crippen LogP contribution in [0.2, 0.25) is 5.02 Å². The topological polar surface area (TPSA) is 75.4 Å². The number of nitrogens with two attached hydrogens (primary N) is 1. The van der Waals surface area contributed by atoms with Crippen molar-refractivity contribution >= 4 is 27.3 Å². The number of anilines is 1. The van der Waals surface area contributed by atoms with E-state index in [0.717, 1.165) is 13.1 Å². The third-order valence-electron chi connectivity index (χ3n) is 3.58. The zero-order valence-electron chi connectivity index (χ0n) is 12.2. The second-order valence-corrected chi connectivity index (χ2v) is 7.66. The molecule has 1 aliphatic heterocycles. The van der Waals surface area contributed by atoms with Crippen molar-refractivity contribution < 1.29 is 8.42 Å². The molecule has 0 saturated carbocycles. The van der Waals surface area contributed by atoms with Crippen molar-refractivity contribution in [3.8, 4) is 0 Å². The maximum atomic E-state index is 12.4. The Kier molecular flexibility index (Phi) is 5.48. The van der Waals surface area contributed by atoms with Crippen LogP contribution < -0.4 is 10.5 Å². The third-order valence-corrected chi connectivity index (χ3v) is 5.65. The van der Waals surface area contributed by atoms with Gasteiger partial charge in [0.25, 0.3) is 0 Å². The standard InChI is InChI=1S/C14H22ClN3O2S/c1-11(10-18-7-3-2-4-8-18)17-21(19,20)14-6-5-12(16)9-13(14)15/h5-6,9,11,17H,2-4,7-8,10,16H2,1H3. The second kappa shape index (κ2) is 6.96. The summed E-state index contributed by atoms with van der Waals surface area (Å²) in [6.07, 6.45) is 3.63. The molecule has 0 spiro atoms. The number of hydrogen-bond acceptors (Lipinski definition) is 4. The van der Waals surface area contributed by atoms with Crippen molar-refractivity contribution in [1.29, 1.82) is 0 Å². The Balaban J connectivity index is 2.02. The number of likely N-dealkylation sites (tertiary alicyclic amines) is 1. The zero-order valence-corrected chi connectivity index (χ0v) is 13.8. The van der Waals surface area contributed by atoms with Gasteiger partial charge in [0.2, 0.25) is 10.0 Å². The summed E-state index contributed by atoms with van der Waals surface area (Å²) < 4.78 is 27.4. The predicted molar refractivity (Wildman–Crippen MR) is 85.9 cm³/mol. The first-order valence-corrected chi connectivity index (χ1v) is 9.04. The van der Waals surface area contributed by atoms with Crippen LogP contribution >= 0.6 is 11.6 Å². The fraction of sp³-hybridized carbons (Fsp3) is 0.571. The summed E-state index contributed by atoms with van der Waals surface area (Å²) in [5, 5.41) is 0.146. The molecule has 1 aliphatic rings. The number of piperidine rings is 1. The van der Waals surface area contributed by atoms with Gasteiger partial charge in [0.05, 0.1) is 5.02 Å². The average Bonchev–Trinajstić information content (AvgIpc) is 2.38. The van der Waals surface area contributed by atoms with Crippen LogP contribution in [0, 0.1) is 0 Å². The van der Waals surface area contributed by atoms with E-state index in [0.29, 0.717) is 12.2 Å². The lowest BCUT2D eigenvalue weighted by molar-refractivity contribution is 0.215. The van der Waals surface area contributed by atoms with E-state index < -0.39 is 10.0 Å². The van der Waals surface area contributed by atoms with Crippen LogP contribution in [-0.2, 0) is 10.0 Å². The third kappa shape index (κ3) is 4.57. The summed E-state index contributed by atoms with van der Waals surface area (Å²) in [5.74, 6) is 0. The van der Waals surface area contributed by atoms with Gasteiger partial charge in [-0.2, -0.15) is 0 Å². The molecule has 1 saturated heterocycles. The molecule has 1 heterocycles. The lowest BCUT2D eigenvalue weighted by Crippen LogP contribution is -2.43. The van der Waals surface area contributed by atoms with Crippen molar-refractivity contribution in [2.75, 3.05) is 25.4 Å². The first-order chi connectivity index (χ1) is 9.88. The van der Waals surface area contributed by atoms with Gasteiger partial charge < -0.3 is 10.6 Å². The minimum absolute atomic E-state index is 0.0730. The van der Waals surface area contributed by atoms with Gasteiger partial charge in [-0.05, 0) is 51.1 Å². The van der Waals surface area contributed by atoms with Gasteiger partial charge in [0.15, 0.2) is 0 Å². The smallest absolute Gasteiger partial charge is 0.242 e. The van der Waals surface area contributed by atoms with E-state index in [9.17, 15) is 8.42 Å². The molecule has 118 valence electrons. The fourth-order valence-electron chi connectivity index (χ4n) is 2.63. The van der Waals surface area contributed by atoms with Gasteiger partial charge in [0, 0.05) is 18.3 Å². The Morgan fingerprint density at radius 1 is 1.33 bits per heavy atom. The van der Waals surface area contributed by atoms with Crippen molar-refractivity contribution in [2.24, 2.45) is 0 Å². The van der Waals surface area contributed by atoms with Gasteiger partial charge in [-0.15, -0.1) is 0 Å². The number of hydrogen-bond donors (Lipinski definition) is 2. The molecule has 7 heteroatoms. The molecule has 1 atom stereocenters. The monoisotopic (exact) mass is 331 g/mol. The Labute approximate surface area is 131 Å². The van der Waals surface area contributed by atoms with E-state index in [1.807, 2.05) is 6.92 Å². The molecule has 1 unspecified atom stereocenters. The van der Waals surface area contributed by atoms with Crippen molar-refractivity contribution in [1.82, 2.24) is 9.62 Å². The summed E-state index contributed by atoms with van der Waals surface area (Å²) in [6, 6.07) is 4.26. The maximum Gasteiger partial charge on any atom is 0.242 e. The molecule has 0 aliphatic carbocycles. The van der Waals surface area contributed by atoms with E-state index in [1.165, 1.54) is 37.5 Å². The average molecular weight is 332 g/mol. The zero-order chi connectivity index (χ0) is 15.5. The molecular formula is C14H22ClN3O2S. The highest BCUT2D eigenvalue weighted by Gasteiger charge is 2.22. The highest BCUT2D eigenvalue weighted by molar-refractivity contribution is 7.89. The molecule has 0 aromatic heterocycles. The highest BCUT2D eigenvalue weighted by Crippen LogP contribution is 2.23. The molecule has 2 rings (SSSR count). The van der Waals surface area contributed by atoms with Crippen molar-refractivity contribution in [3.63, 3.8) is 0 Å². The summed E-state index contributed by atoms with van der Waals surface area (Å²) in [4.78, 5) is 2.37. The molecule has 1 fully saturated rings. The van der Waals surface area contributed by atoms with Crippen LogP contribution in [0.15, 0.2) is 23.1 Å². The first-order valence-electron chi connectivity index (χ1n) is 7.18. The Hall–Kier alpha value is -0.820. The Bertz CT molecular complexity index is 586. The number of rotatable bonds is 5. The normalized spacial score (nSPS) is 18.6. The fourth-order valence-corrected chi connectivity index (χ4v) is 4.42. The molecule has 3 N–H and O–H groups in total. The summed E-state index contributed by atoms with van der Waals surface area (Å²) >= 11 is 5.98. The Morgan fingerprint density at radius 3 is 2.62 bits per heavy atom. The largest absolute Gasteiger partial charge is 0.399 e. The molecular weight excluding hydrogens is 310 g/mol. The minimum Gasteiger partial charge on any atom is -0.399 e. The van der Waals surface area contributed by atoms with Crippen molar-refractivity contribution in [2.45, 2.75) is 37.1 Å². The molecule has 0 radical (unpaired) electrons. The van der Waals surface area contributed by atoms with Crippen LogP contribution in [0.4, 0.5) is 5.69 Å². The van der Waals surface area contributed by atoms with Crippen LogP contribution in [0.25, 0.3) is 0 Å². The molecule has 0 bridgehead atoms. The lowest BCUT2D eigenvalue weighted by atomic mass is 10.1. The second-order valence-electron chi connectivity index (χ2n) is 5.57. The van der Waals surface area contributed by atoms with Crippen LogP contribution in [0.5, 0.6) is 0 Å². The number of sulfonamides is 1. The number of benzene rings is 1. The quantitative estimate of drug-likeness (QED) is 0.810. The van der Waals surface area contributed by atoms with Crippen LogP contribution in [-0.4, -0.2) is 39.0 Å². The minimum atomic E-state index is -3.62. The molecule has 1 aromatic carbocycles. The van der Waals surface area contributed by atoms with Gasteiger partial charge in [-0.3, -0.25) is 0 Å². The first kappa shape index (κ1) is 16.5. The van der Waals surface area contributed by atoms with Crippen LogP contribution in [0.3, 0.4) is 0 Å². The summed E-state index contributed by atoms with van der Waals surface area (Å²) in [5.41, 5.74) is 6.03. The van der Waals surface area contributed by atoms with Gasteiger partial charge in [-0.1, -0.05) is 18.0 Å². The van der Waals surface area contributed by atoms with E-state index in [1.54, 1.807) is 0 Å². The van der Waals surface area contributed by atoms with Gasteiger partial charge in [0.1, 0.15) is 4.90 Å². The summed E-state index contributed by atoms with van der Waals surface area (Å²) in [6.45, 7) is 4.66. The summed E-state index contributed by atoms with van der Waals surface area (Å²) in [7, 11) is -3.62. The number of halogens is 1. The van der Waals surface area contributed by atoms with Crippen LogP contribution in [0.1, 0.15) is 26.2 Å². The predicted octanol–water partition coefficient (Wildman–Crippen LogP) is 2.07. The molecule has 21 heavy (non-hydrogen) atoms. The lowest BCUT2D eigenvalue weighted by Gasteiger charge is -2.29. The van der Waals surface area contributed by atoms with Crippen molar-refractivity contribution in [3.05, 3.63) is 23.2 Å². The van der Waals surface area contributed by atoms with E-state index >= 15 is 0 Å². The maximum absolute atomic E-state index is 12.4. The molecule has 1 aromatic rings. The molecule has 5 nitrogen and oxygen atoms in total. The Morgan fingerprint density at radius 2 is 2.00 bits per heavy atom.